The van der Waals surface area contributed by atoms with E-state index in [4.69, 9.17) is 0 Å². The van der Waals surface area contributed by atoms with Gasteiger partial charge in [-0.1, -0.05) is 13.3 Å². The van der Waals surface area contributed by atoms with Crippen LogP contribution in [0.2, 0.25) is 0 Å². The molecule has 0 aromatic carbocycles. The fourth-order valence-corrected chi connectivity index (χ4v) is 4.62. The molecule has 1 N–H and O–H groups in total. The summed E-state index contributed by atoms with van der Waals surface area (Å²) < 4.78 is 0. The van der Waals surface area contributed by atoms with Crippen LogP contribution in [0.3, 0.4) is 0 Å². The van der Waals surface area contributed by atoms with Crippen molar-refractivity contribution in [3.8, 4) is 0 Å². The molecular formula is C14H28N2S. The average molecular weight is 256 g/mol. The summed E-state index contributed by atoms with van der Waals surface area (Å²) in [4.78, 5) is 2.79. The molecular weight excluding hydrogens is 228 g/mol. The SMILES string of the molecule is CCSC1CCCC1N1CC(C)(C)NCC1C. The maximum absolute atomic E-state index is 3.66. The largest absolute Gasteiger partial charge is 0.309 e. The highest BCUT2D eigenvalue weighted by Gasteiger charge is 2.39. The molecule has 2 fully saturated rings. The monoisotopic (exact) mass is 256 g/mol. The van der Waals surface area contributed by atoms with Crippen molar-refractivity contribution < 1.29 is 0 Å². The van der Waals surface area contributed by atoms with E-state index >= 15 is 0 Å². The summed E-state index contributed by atoms with van der Waals surface area (Å²) in [5, 5.41) is 4.55. The van der Waals surface area contributed by atoms with Gasteiger partial charge in [0.1, 0.15) is 0 Å². The number of hydrogen-bond acceptors (Lipinski definition) is 3. The van der Waals surface area contributed by atoms with Gasteiger partial charge in [0.2, 0.25) is 0 Å². The van der Waals surface area contributed by atoms with Crippen LogP contribution in [-0.2, 0) is 0 Å². The Kier molecular flexibility index (Phi) is 4.43. The Labute approximate surface area is 111 Å². The van der Waals surface area contributed by atoms with Gasteiger partial charge in [0, 0.05) is 36.0 Å². The van der Waals surface area contributed by atoms with Crippen molar-refractivity contribution in [2.45, 2.75) is 69.8 Å². The molecule has 0 radical (unpaired) electrons. The fourth-order valence-electron chi connectivity index (χ4n) is 3.35. The maximum atomic E-state index is 3.66. The first kappa shape index (κ1) is 13.7. The van der Waals surface area contributed by atoms with Gasteiger partial charge in [0.05, 0.1) is 0 Å². The summed E-state index contributed by atoms with van der Waals surface area (Å²) in [6.45, 7) is 11.7. The third-order valence-corrected chi connectivity index (χ3v) is 5.56. The van der Waals surface area contributed by atoms with Crippen LogP contribution < -0.4 is 5.32 Å². The minimum atomic E-state index is 0.288. The van der Waals surface area contributed by atoms with Gasteiger partial charge in [-0.15, -0.1) is 0 Å². The summed E-state index contributed by atoms with van der Waals surface area (Å²) in [6, 6.07) is 1.53. The Bertz CT molecular complexity index is 255. The molecule has 1 aliphatic heterocycles. The molecule has 0 aromatic rings. The number of thioether (sulfide) groups is 1. The molecule has 1 heterocycles. The molecule has 3 unspecified atom stereocenters. The Balaban J connectivity index is 2.03. The quantitative estimate of drug-likeness (QED) is 0.836. The average Bonchev–Trinajstić information content (AvgIpc) is 2.70. The number of hydrogen-bond donors (Lipinski definition) is 1. The highest BCUT2D eigenvalue weighted by atomic mass is 32.2. The highest BCUT2D eigenvalue weighted by molar-refractivity contribution is 7.99. The van der Waals surface area contributed by atoms with Crippen LogP contribution in [-0.4, -0.2) is 46.6 Å². The van der Waals surface area contributed by atoms with Crippen molar-refractivity contribution in [1.29, 1.82) is 0 Å². The highest BCUT2D eigenvalue weighted by Crippen LogP contribution is 2.35. The molecule has 1 aliphatic carbocycles. The van der Waals surface area contributed by atoms with Crippen molar-refractivity contribution in [3.05, 3.63) is 0 Å². The topological polar surface area (TPSA) is 15.3 Å². The van der Waals surface area contributed by atoms with E-state index in [-0.39, 0.29) is 5.54 Å². The van der Waals surface area contributed by atoms with Crippen molar-refractivity contribution in [1.82, 2.24) is 10.2 Å². The van der Waals surface area contributed by atoms with E-state index < -0.39 is 0 Å². The molecule has 17 heavy (non-hydrogen) atoms. The van der Waals surface area contributed by atoms with Gasteiger partial charge in [-0.2, -0.15) is 11.8 Å². The Morgan fingerprint density at radius 2 is 2.12 bits per heavy atom. The van der Waals surface area contributed by atoms with E-state index in [0.29, 0.717) is 6.04 Å². The van der Waals surface area contributed by atoms with Crippen LogP contribution in [0.1, 0.15) is 47.0 Å². The lowest BCUT2D eigenvalue weighted by Crippen LogP contribution is -2.63. The molecule has 2 rings (SSSR count). The third kappa shape index (κ3) is 3.18. The number of nitrogens with zero attached hydrogens (tertiary/aromatic N) is 1. The van der Waals surface area contributed by atoms with Crippen molar-refractivity contribution >= 4 is 11.8 Å². The molecule has 0 amide bonds. The summed E-state index contributed by atoms with van der Waals surface area (Å²) in [5.41, 5.74) is 0.288. The zero-order chi connectivity index (χ0) is 12.5. The Morgan fingerprint density at radius 3 is 2.82 bits per heavy atom. The first-order chi connectivity index (χ1) is 8.03. The summed E-state index contributed by atoms with van der Waals surface area (Å²) in [7, 11) is 0. The van der Waals surface area contributed by atoms with Gasteiger partial charge >= 0.3 is 0 Å². The predicted molar refractivity (Wildman–Crippen MR) is 77.8 cm³/mol. The van der Waals surface area contributed by atoms with Crippen molar-refractivity contribution in [2.24, 2.45) is 0 Å². The lowest BCUT2D eigenvalue weighted by Gasteiger charge is -2.47. The molecule has 1 saturated carbocycles. The normalized spacial score (nSPS) is 38.5. The van der Waals surface area contributed by atoms with Gasteiger partial charge in [-0.25, -0.2) is 0 Å². The zero-order valence-corrected chi connectivity index (χ0v) is 12.6. The summed E-state index contributed by atoms with van der Waals surface area (Å²) in [5.74, 6) is 1.27. The van der Waals surface area contributed by atoms with E-state index in [9.17, 15) is 0 Å². The van der Waals surface area contributed by atoms with E-state index in [1.165, 1.54) is 31.6 Å². The standard InChI is InChI=1S/C14H28N2S/c1-5-17-13-8-6-7-12(13)16-10-14(3,4)15-9-11(16)2/h11-13,15H,5-10H2,1-4H3. The van der Waals surface area contributed by atoms with Crippen molar-refractivity contribution in [3.63, 3.8) is 0 Å². The van der Waals surface area contributed by atoms with Crippen LogP contribution in [0.25, 0.3) is 0 Å². The van der Waals surface area contributed by atoms with Crippen LogP contribution in [0.5, 0.6) is 0 Å². The van der Waals surface area contributed by atoms with Crippen LogP contribution >= 0.6 is 11.8 Å². The smallest absolute Gasteiger partial charge is 0.0253 e. The molecule has 0 spiro atoms. The van der Waals surface area contributed by atoms with Gasteiger partial charge in [0.25, 0.3) is 0 Å². The number of piperazine rings is 1. The van der Waals surface area contributed by atoms with Gasteiger partial charge in [-0.3, -0.25) is 4.90 Å². The molecule has 3 atom stereocenters. The van der Waals surface area contributed by atoms with Crippen LogP contribution in [0, 0.1) is 0 Å². The van der Waals surface area contributed by atoms with Gasteiger partial charge in [-0.05, 0) is 39.4 Å². The molecule has 0 aromatic heterocycles. The maximum Gasteiger partial charge on any atom is 0.0253 e. The lowest BCUT2D eigenvalue weighted by atomic mass is 9.97. The second kappa shape index (κ2) is 5.50. The third-order valence-electron chi connectivity index (χ3n) is 4.24. The van der Waals surface area contributed by atoms with E-state index in [1.807, 2.05) is 0 Å². The minimum absolute atomic E-state index is 0.288. The second-order valence-corrected chi connectivity index (χ2v) is 7.79. The number of nitrogens with one attached hydrogen (secondary N) is 1. The predicted octanol–water partition coefficient (Wildman–Crippen LogP) is 2.73. The minimum Gasteiger partial charge on any atom is -0.309 e. The zero-order valence-electron chi connectivity index (χ0n) is 11.8. The van der Waals surface area contributed by atoms with Crippen LogP contribution in [0.4, 0.5) is 0 Å². The first-order valence-electron chi connectivity index (χ1n) is 7.16. The number of rotatable bonds is 3. The second-order valence-electron chi connectivity index (χ2n) is 6.28. The Morgan fingerprint density at radius 1 is 1.35 bits per heavy atom. The molecule has 0 bridgehead atoms. The molecule has 2 nitrogen and oxygen atoms in total. The van der Waals surface area contributed by atoms with Gasteiger partial charge < -0.3 is 5.32 Å². The first-order valence-corrected chi connectivity index (χ1v) is 8.21. The van der Waals surface area contributed by atoms with Crippen LogP contribution in [0.15, 0.2) is 0 Å². The molecule has 2 aliphatic rings. The van der Waals surface area contributed by atoms with Crippen molar-refractivity contribution in [2.75, 3.05) is 18.8 Å². The van der Waals surface area contributed by atoms with E-state index in [0.717, 1.165) is 17.8 Å². The lowest BCUT2D eigenvalue weighted by molar-refractivity contribution is 0.0666. The van der Waals surface area contributed by atoms with E-state index in [2.05, 4.69) is 49.7 Å². The van der Waals surface area contributed by atoms with Gasteiger partial charge in [0.15, 0.2) is 0 Å². The summed E-state index contributed by atoms with van der Waals surface area (Å²) >= 11 is 2.18. The summed E-state index contributed by atoms with van der Waals surface area (Å²) in [6.07, 6.45) is 4.28. The molecule has 1 saturated heterocycles. The molecule has 3 heteroatoms. The molecule has 100 valence electrons. The Hall–Kier alpha value is 0.270. The van der Waals surface area contributed by atoms with E-state index in [1.54, 1.807) is 0 Å². The fraction of sp³-hybridized carbons (Fsp3) is 1.00.